The Labute approximate surface area is 70.2 Å². The maximum Gasteiger partial charge on any atom is 0.0188 e. The molecule has 0 saturated heterocycles. The third-order valence-corrected chi connectivity index (χ3v) is 1.70. The minimum atomic E-state index is 0.188. The second-order valence-electron chi connectivity index (χ2n) is 3.76. The van der Waals surface area contributed by atoms with E-state index >= 15 is 0 Å². The van der Waals surface area contributed by atoms with Crippen LogP contribution in [0.5, 0.6) is 0 Å². The summed E-state index contributed by atoms with van der Waals surface area (Å²) in [6.07, 6.45) is 1.89. The van der Waals surface area contributed by atoms with Gasteiger partial charge in [-0.15, -0.1) is 0 Å². The van der Waals surface area contributed by atoms with Gasteiger partial charge in [0.15, 0.2) is 0 Å². The Morgan fingerprint density at radius 3 is 1.91 bits per heavy atom. The summed E-state index contributed by atoms with van der Waals surface area (Å²) in [5, 5.41) is 3.20. The average molecular weight is 153 g/mol. The van der Waals surface area contributed by atoms with E-state index in [1.165, 1.54) is 11.3 Å². The Morgan fingerprint density at radius 1 is 1.36 bits per heavy atom. The van der Waals surface area contributed by atoms with Crippen LogP contribution in [0.4, 0.5) is 0 Å². The van der Waals surface area contributed by atoms with E-state index in [0.29, 0.717) is 0 Å². The molecule has 1 heteroatoms. The molecular weight excluding hydrogens is 134 g/mol. The third-order valence-electron chi connectivity index (χ3n) is 1.70. The number of rotatable bonds is 2. The van der Waals surface area contributed by atoms with E-state index in [1.54, 1.807) is 0 Å². The van der Waals surface area contributed by atoms with Crippen LogP contribution in [0, 0.1) is 5.41 Å². The molecule has 1 nitrogen and oxygen atoms in total. The Morgan fingerprint density at radius 2 is 1.82 bits per heavy atom. The van der Waals surface area contributed by atoms with Crippen molar-refractivity contribution in [1.29, 1.82) is 0 Å². The molecule has 0 aliphatic carbocycles. The molecule has 0 aromatic heterocycles. The van der Waals surface area contributed by atoms with Crippen molar-refractivity contribution < 1.29 is 0 Å². The molecule has 0 bridgehead atoms. The molecule has 0 atom stereocenters. The summed E-state index contributed by atoms with van der Waals surface area (Å²) in [7, 11) is 1.95. The normalized spacial score (nSPS) is 13.9. The highest BCUT2D eigenvalue weighted by Crippen LogP contribution is 2.25. The standard InChI is InChI=1S/C10H19N/c1-7-8(2)9(11-6)10(3,4)5/h7,11H,1H2,2-6H3/b9-8-. The number of hydrogen-bond acceptors (Lipinski definition) is 1. The van der Waals surface area contributed by atoms with Crippen LogP contribution in [0.15, 0.2) is 23.9 Å². The molecule has 11 heavy (non-hydrogen) atoms. The second-order valence-corrected chi connectivity index (χ2v) is 3.76. The van der Waals surface area contributed by atoms with Crippen molar-refractivity contribution in [2.24, 2.45) is 5.41 Å². The number of nitrogens with one attached hydrogen (secondary N) is 1. The molecule has 0 saturated carbocycles. The second kappa shape index (κ2) is 3.61. The van der Waals surface area contributed by atoms with Crippen molar-refractivity contribution in [3.05, 3.63) is 23.9 Å². The molecule has 0 aromatic rings. The van der Waals surface area contributed by atoms with E-state index in [9.17, 15) is 0 Å². The topological polar surface area (TPSA) is 12.0 Å². The fourth-order valence-electron chi connectivity index (χ4n) is 1.27. The van der Waals surface area contributed by atoms with Crippen LogP contribution in [0.25, 0.3) is 0 Å². The number of allylic oxidation sites excluding steroid dienone is 3. The monoisotopic (exact) mass is 153 g/mol. The lowest BCUT2D eigenvalue weighted by molar-refractivity contribution is 0.468. The van der Waals surface area contributed by atoms with Gasteiger partial charge in [0.2, 0.25) is 0 Å². The third kappa shape index (κ3) is 2.79. The molecule has 0 amide bonds. The molecule has 0 aromatic carbocycles. The fourth-order valence-corrected chi connectivity index (χ4v) is 1.27. The Balaban J connectivity index is 4.80. The molecular formula is C10H19N. The van der Waals surface area contributed by atoms with Crippen molar-refractivity contribution in [2.75, 3.05) is 7.05 Å². The van der Waals surface area contributed by atoms with E-state index in [0.717, 1.165) is 0 Å². The van der Waals surface area contributed by atoms with Gasteiger partial charge in [-0.3, -0.25) is 0 Å². The zero-order chi connectivity index (χ0) is 9.07. The molecule has 0 heterocycles. The molecule has 0 aliphatic rings. The summed E-state index contributed by atoms with van der Waals surface area (Å²) in [6, 6.07) is 0. The van der Waals surface area contributed by atoms with Crippen molar-refractivity contribution in [1.82, 2.24) is 5.32 Å². The molecule has 0 fully saturated rings. The van der Waals surface area contributed by atoms with Crippen LogP contribution in [-0.2, 0) is 0 Å². The zero-order valence-corrected chi connectivity index (χ0v) is 8.28. The van der Waals surface area contributed by atoms with E-state index < -0.39 is 0 Å². The minimum Gasteiger partial charge on any atom is -0.391 e. The lowest BCUT2D eigenvalue weighted by Crippen LogP contribution is -2.22. The highest BCUT2D eigenvalue weighted by molar-refractivity contribution is 5.24. The van der Waals surface area contributed by atoms with Crippen LogP contribution in [0.3, 0.4) is 0 Å². The summed E-state index contributed by atoms with van der Waals surface area (Å²) >= 11 is 0. The van der Waals surface area contributed by atoms with E-state index in [-0.39, 0.29) is 5.41 Å². The van der Waals surface area contributed by atoms with Crippen molar-refractivity contribution in [3.8, 4) is 0 Å². The van der Waals surface area contributed by atoms with Crippen molar-refractivity contribution in [2.45, 2.75) is 27.7 Å². The van der Waals surface area contributed by atoms with Gasteiger partial charge >= 0.3 is 0 Å². The summed E-state index contributed by atoms with van der Waals surface area (Å²) in [5.74, 6) is 0. The quantitative estimate of drug-likeness (QED) is 0.601. The fraction of sp³-hybridized carbons (Fsp3) is 0.600. The van der Waals surface area contributed by atoms with Crippen LogP contribution in [0.2, 0.25) is 0 Å². The summed E-state index contributed by atoms with van der Waals surface area (Å²) in [5.41, 5.74) is 2.67. The first-order valence-electron chi connectivity index (χ1n) is 3.95. The Kier molecular flexibility index (Phi) is 3.37. The van der Waals surface area contributed by atoms with Crippen LogP contribution in [-0.4, -0.2) is 7.05 Å². The summed E-state index contributed by atoms with van der Waals surface area (Å²) in [4.78, 5) is 0. The van der Waals surface area contributed by atoms with Gasteiger partial charge in [-0.25, -0.2) is 0 Å². The summed E-state index contributed by atoms with van der Waals surface area (Å²) < 4.78 is 0. The SMILES string of the molecule is C=C/C(C)=C(\NC)C(C)(C)C. The predicted molar refractivity (Wildman–Crippen MR) is 51.4 cm³/mol. The Hall–Kier alpha value is -0.720. The molecule has 64 valence electrons. The predicted octanol–water partition coefficient (Wildman–Crippen LogP) is 2.71. The van der Waals surface area contributed by atoms with Gasteiger partial charge < -0.3 is 5.32 Å². The van der Waals surface area contributed by atoms with Crippen molar-refractivity contribution in [3.63, 3.8) is 0 Å². The Bertz CT molecular complexity index is 170. The minimum absolute atomic E-state index is 0.188. The molecule has 0 radical (unpaired) electrons. The van der Waals surface area contributed by atoms with E-state index in [4.69, 9.17) is 0 Å². The molecule has 0 aliphatic heterocycles. The first kappa shape index (κ1) is 10.3. The van der Waals surface area contributed by atoms with Gasteiger partial charge in [0.25, 0.3) is 0 Å². The van der Waals surface area contributed by atoms with Gasteiger partial charge in [0.05, 0.1) is 0 Å². The molecule has 1 N–H and O–H groups in total. The highest BCUT2D eigenvalue weighted by Gasteiger charge is 2.16. The van der Waals surface area contributed by atoms with Gasteiger partial charge in [-0.05, 0) is 12.5 Å². The maximum atomic E-state index is 3.75. The zero-order valence-electron chi connectivity index (χ0n) is 8.28. The largest absolute Gasteiger partial charge is 0.391 e. The lowest BCUT2D eigenvalue weighted by Gasteiger charge is -2.24. The maximum absolute atomic E-state index is 3.75. The van der Waals surface area contributed by atoms with Crippen LogP contribution in [0.1, 0.15) is 27.7 Å². The molecule has 0 unspecified atom stereocenters. The number of hydrogen-bond donors (Lipinski definition) is 1. The lowest BCUT2D eigenvalue weighted by atomic mass is 9.89. The van der Waals surface area contributed by atoms with Gasteiger partial charge in [0, 0.05) is 18.2 Å². The van der Waals surface area contributed by atoms with Crippen LogP contribution < -0.4 is 5.32 Å². The van der Waals surface area contributed by atoms with Gasteiger partial charge in [-0.1, -0.05) is 33.4 Å². The molecule has 0 rings (SSSR count). The van der Waals surface area contributed by atoms with E-state index in [1.807, 2.05) is 13.1 Å². The summed E-state index contributed by atoms with van der Waals surface area (Å²) in [6.45, 7) is 12.4. The van der Waals surface area contributed by atoms with Gasteiger partial charge in [0.1, 0.15) is 0 Å². The van der Waals surface area contributed by atoms with Crippen LogP contribution >= 0.6 is 0 Å². The average Bonchev–Trinajstić information content (AvgIpc) is 1.86. The van der Waals surface area contributed by atoms with E-state index in [2.05, 4.69) is 39.6 Å². The van der Waals surface area contributed by atoms with Gasteiger partial charge in [-0.2, -0.15) is 0 Å². The smallest absolute Gasteiger partial charge is 0.0188 e. The highest BCUT2D eigenvalue weighted by atomic mass is 14.9. The van der Waals surface area contributed by atoms with Crippen molar-refractivity contribution >= 4 is 0 Å². The first-order valence-corrected chi connectivity index (χ1v) is 3.95. The molecule has 0 spiro atoms. The first-order chi connectivity index (χ1) is 4.93.